The lowest BCUT2D eigenvalue weighted by atomic mass is 10.1. The van der Waals surface area contributed by atoms with Gasteiger partial charge in [0.2, 0.25) is 0 Å². The van der Waals surface area contributed by atoms with Gasteiger partial charge in [0.15, 0.2) is 6.10 Å². The van der Waals surface area contributed by atoms with Crippen LogP contribution in [0.25, 0.3) is 0 Å². The Morgan fingerprint density at radius 1 is 0.313 bits per heavy atom. The molecule has 6 nitrogen and oxygen atoms in total. The number of hydrogen-bond acceptors (Lipinski definition) is 6. The predicted molar refractivity (Wildman–Crippen MR) is 288 cm³/mol. The third-order valence-corrected chi connectivity index (χ3v) is 10.8. The number of hydrogen-bond donors (Lipinski definition) is 0. The second-order valence-corrected chi connectivity index (χ2v) is 17.1. The molecule has 0 saturated heterocycles. The van der Waals surface area contributed by atoms with E-state index >= 15 is 0 Å². The lowest BCUT2D eigenvalue weighted by Gasteiger charge is -2.18. The number of rotatable bonds is 46. The second kappa shape index (κ2) is 54.2. The van der Waals surface area contributed by atoms with Gasteiger partial charge in [-0.3, -0.25) is 14.4 Å². The Morgan fingerprint density at radius 3 is 1.01 bits per heavy atom. The second-order valence-electron chi connectivity index (χ2n) is 17.1. The van der Waals surface area contributed by atoms with E-state index in [0.29, 0.717) is 19.3 Å². The molecule has 0 radical (unpaired) electrons. The average Bonchev–Trinajstić information content (AvgIpc) is 3.33. The Hall–Kier alpha value is -4.45. The summed E-state index contributed by atoms with van der Waals surface area (Å²) in [6.07, 6.45) is 75.7. The molecule has 1 unspecified atom stereocenters. The lowest BCUT2D eigenvalue weighted by molar-refractivity contribution is -0.167. The van der Waals surface area contributed by atoms with Crippen LogP contribution in [0.15, 0.2) is 134 Å². The maximum Gasteiger partial charge on any atom is 0.306 e. The van der Waals surface area contributed by atoms with Crippen molar-refractivity contribution in [1.29, 1.82) is 0 Å². The zero-order valence-electron chi connectivity index (χ0n) is 42.9. The van der Waals surface area contributed by atoms with Crippen LogP contribution in [-0.4, -0.2) is 37.2 Å². The molecule has 6 heteroatoms. The molecule has 0 rings (SSSR count). The first kappa shape index (κ1) is 62.5. The largest absolute Gasteiger partial charge is 0.462 e. The van der Waals surface area contributed by atoms with Crippen LogP contribution in [0.4, 0.5) is 0 Å². The van der Waals surface area contributed by atoms with E-state index in [1.807, 2.05) is 0 Å². The Kier molecular flexibility index (Phi) is 50.6. The molecule has 1 atom stereocenters. The number of ether oxygens (including phenoxy) is 3. The minimum absolute atomic E-state index is 0.105. The molecule has 0 aromatic rings. The van der Waals surface area contributed by atoms with Gasteiger partial charge in [0.1, 0.15) is 13.2 Å². The summed E-state index contributed by atoms with van der Waals surface area (Å²) in [6.45, 7) is 6.20. The number of unbranched alkanes of at least 4 members (excludes halogenated alkanes) is 17. The predicted octanol–water partition coefficient (Wildman–Crippen LogP) is 17.9. The summed E-state index contributed by atoms with van der Waals surface area (Å²) < 4.78 is 16.8. The highest BCUT2D eigenvalue weighted by Crippen LogP contribution is 2.14. The summed E-state index contributed by atoms with van der Waals surface area (Å²) in [5, 5.41) is 0. The molecule has 0 aromatic carbocycles. The SMILES string of the molecule is CC\C=C/C=C\C=C/CCCCCCCCCC(=O)OCC(COC(=O)CCCCC/C=C\C/C=C\C/C=C\C/C=C\C/C=C\CC)OC(=O)CCCCCCCCC\C=C/C=C\C=C/CC. The van der Waals surface area contributed by atoms with Gasteiger partial charge in [-0.05, 0) is 103 Å². The molecule has 0 saturated carbocycles. The van der Waals surface area contributed by atoms with Crippen LogP contribution < -0.4 is 0 Å². The minimum atomic E-state index is -0.808. The van der Waals surface area contributed by atoms with Crippen molar-refractivity contribution in [1.82, 2.24) is 0 Å². The van der Waals surface area contributed by atoms with E-state index in [1.165, 1.54) is 44.9 Å². The van der Waals surface area contributed by atoms with Crippen LogP contribution in [0.3, 0.4) is 0 Å². The first-order valence-electron chi connectivity index (χ1n) is 26.8. The van der Waals surface area contributed by atoms with Crippen LogP contribution in [0.1, 0.15) is 213 Å². The van der Waals surface area contributed by atoms with Crippen molar-refractivity contribution in [2.75, 3.05) is 13.2 Å². The van der Waals surface area contributed by atoms with Crippen molar-refractivity contribution in [2.24, 2.45) is 0 Å². The number of allylic oxidation sites excluding steroid dienone is 22. The molecular formula is C61H96O6. The third kappa shape index (κ3) is 52.4. The third-order valence-electron chi connectivity index (χ3n) is 10.8. The van der Waals surface area contributed by atoms with Gasteiger partial charge in [0.25, 0.3) is 0 Å². The van der Waals surface area contributed by atoms with E-state index in [4.69, 9.17) is 14.2 Å². The number of carbonyl (C=O) groups excluding carboxylic acids is 3. The van der Waals surface area contributed by atoms with Crippen molar-refractivity contribution in [3.05, 3.63) is 134 Å². The van der Waals surface area contributed by atoms with Gasteiger partial charge in [0.05, 0.1) is 0 Å². The summed E-state index contributed by atoms with van der Waals surface area (Å²) >= 11 is 0. The molecule has 376 valence electrons. The molecular weight excluding hydrogens is 829 g/mol. The topological polar surface area (TPSA) is 78.9 Å². The standard InChI is InChI=1S/C61H96O6/c1-4-7-10-13-16-19-22-25-28-29-30-31-34-36-39-42-45-48-51-54-60(63)66-57-58(67-61(64)55-52-49-46-43-40-37-33-27-24-21-18-15-12-9-6-3)56-65-59(62)53-50-47-44-41-38-35-32-26-23-20-17-14-11-8-5-2/h7-12,14-21,23-25,28,30-31,36,39,58H,4-6,13,22,26-27,29,32-35,37-38,40-57H2,1-3H3/b10-7-,11-8-,12-9-,17-14-,18-15-,19-16-,23-20-,24-21-,28-25-,31-30-,39-36-. The fraction of sp³-hybridized carbons (Fsp3) is 0.590. The van der Waals surface area contributed by atoms with Crippen molar-refractivity contribution >= 4 is 17.9 Å². The Balaban J connectivity index is 4.50. The van der Waals surface area contributed by atoms with Crippen molar-refractivity contribution < 1.29 is 28.6 Å². The van der Waals surface area contributed by atoms with E-state index < -0.39 is 6.10 Å². The minimum Gasteiger partial charge on any atom is -0.462 e. The Morgan fingerprint density at radius 2 is 0.612 bits per heavy atom. The van der Waals surface area contributed by atoms with E-state index in [1.54, 1.807) is 0 Å². The number of esters is 3. The highest BCUT2D eigenvalue weighted by atomic mass is 16.6. The van der Waals surface area contributed by atoms with Gasteiger partial charge in [-0.15, -0.1) is 0 Å². The van der Waals surface area contributed by atoms with Crippen LogP contribution in [0.5, 0.6) is 0 Å². The molecule has 0 aliphatic heterocycles. The Bertz CT molecular complexity index is 1480. The zero-order valence-corrected chi connectivity index (χ0v) is 42.9. The Labute approximate surface area is 411 Å². The van der Waals surface area contributed by atoms with Gasteiger partial charge in [-0.1, -0.05) is 225 Å². The van der Waals surface area contributed by atoms with E-state index in [2.05, 4.69) is 154 Å². The molecule has 67 heavy (non-hydrogen) atoms. The quantitative estimate of drug-likeness (QED) is 0.0199. The maximum atomic E-state index is 12.8. The van der Waals surface area contributed by atoms with Crippen molar-refractivity contribution in [2.45, 2.75) is 219 Å². The summed E-state index contributed by atoms with van der Waals surface area (Å²) in [6, 6.07) is 0. The average molecular weight is 925 g/mol. The molecule has 0 aromatic heterocycles. The molecule has 0 bridgehead atoms. The fourth-order valence-corrected chi connectivity index (χ4v) is 6.82. The van der Waals surface area contributed by atoms with Crippen LogP contribution in [-0.2, 0) is 28.6 Å². The van der Waals surface area contributed by atoms with Crippen LogP contribution >= 0.6 is 0 Å². The van der Waals surface area contributed by atoms with Gasteiger partial charge in [-0.2, -0.15) is 0 Å². The zero-order chi connectivity index (χ0) is 48.6. The monoisotopic (exact) mass is 925 g/mol. The normalized spacial score (nSPS) is 13.2. The van der Waals surface area contributed by atoms with Gasteiger partial charge >= 0.3 is 17.9 Å². The molecule has 0 aliphatic carbocycles. The molecule has 0 N–H and O–H groups in total. The summed E-state index contributed by atoms with van der Waals surface area (Å²) in [5.41, 5.74) is 0. The highest BCUT2D eigenvalue weighted by molar-refractivity contribution is 5.71. The summed E-state index contributed by atoms with van der Waals surface area (Å²) in [7, 11) is 0. The van der Waals surface area contributed by atoms with E-state index in [9.17, 15) is 14.4 Å². The van der Waals surface area contributed by atoms with Gasteiger partial charge in [0, 0.05) is 19.3 Å². The molecule has 0 aliphatic rings. The molecule has 0 spiro atoms. The summed E-state index contributed by atoms with van der Waals surface area (Å²) in [5.74, 6) is -0.969. The highest BCUT2D eigenvalue weighted by Gasteiger charge is 2.19. The first-order valence-corrected chi connectivity index (χ1v) is 26.8. The van der Waals surface area contributed by atoms with Crippen LogP contribution in [0.2, 0.25) is 0 Å². The smallest absolute Gasteiger partial charge is 0.306 e. The summed E-state index contributed by atoms with van der Waals surface area (Å²) in [4.78, 5) is 38.1. The van der Waals surface area contributed by atoms with Gasteiger partial charge in [-0.25, -0.2) is 0 Å². The molecule has 0 amide bonds. The lowest BCUT2D eigenvalue weighted by Crippen LogP contribution is -2.30. The van der Waals surface area contributed by atoms with E-state index in [0.717, 1.165) is 128 Å². The fourth-order valence-electron chi connectivity index (χ4n) is 6.82. The first-order chi connectivity index (χ1) is 33.0. The van der Waals surface area contributed by atoms with Gasteiger partial charge < -0.3 is 14.2 Å². The van der Waals surface area contributed by atoms with Crippen molar-refractivity contribution in [3.8, 4) is 0 Å². The van der Waals surface area contributed by atoms with Crippen molar-refractivity contribution in [3.63, 3.8) is 0 Å². The maximum absolute atomic E-state index is 12.8. The van der Waals surface area contributed by atoms with Crippen LogP contribution in [0, 0.1) is 0 Å². The molecule has 0 fully saturated rings. The molecule has 0 heterocycles. The number of carbonyl (C=O) groups is 3. The van der Waals surface area contributed by atoms with E-state index in [-0.39, 0.29) is 31.1 Å².